The average molecular weight is 552 g/mol. The van der Waals surface area contributed by atoms with Gasteiger partial charge in [0.1, 0.15) is 10.4 Å². The molecule has 6 rings (SSSR count). The van der Waals surface area contributed by atoms with Crippen molar-refractivity contribution in [1.82, 2.24) is 29.2 Å². The Labute approximate surface area is 230 Å². The third-order valence-electron chi connectivity index (χ3n) is 8.11. The highest BCUT2D eigenvalue weighted by molar-refractivity contribution is 7.97. The summed E-state index contributed by atoms with van der Waals surface area (Å²) in [6.45, 7) is 7.42. The van der Waals surface area contributed by atoms with Crippen LogP contribution in [0.15, 0.2) is 17.2 Å². The summed E-state index contributed by atoms with van der Waals surface area (Å²) < 4.78 is 5.68. The largest absolute Gasteiger partial charge is 0.390 e. The number of amides is 1. The zero-order valence-electron chi connectivity index (χ0n) is 22.0. The number of hydrogen-bond acceptors (Lipinski definition) is 9. The Morgan fingerprint density at radius 2 is 2.03 bits per heavy atom. The molecule has 38 heavy (non-hydrogen) atoms. The van der Waals surface area contributed by atoms with Crippen LogP contribution in [0.5, 0.6) is 0 Å². The summed E-state index contributed by atoms with van der Waals surface area (Å²) in [6.07, 6.45) is 7.76. The Bertz CT molecular complexity index is 1420. The van der Waals surface area contributed by atoms with Gasteiger partial charge < -0.3 is 10.0 Å². The fourth-order valence-electron chi connectivity index (χ4n) is 5.18. The maximum Gasteiger partial charge on any atom is 0.225 e. The number of aliphatic hydroxyl groups is 1. The maximum atomic E-state index is 12.6. The number of hydrogen-bond donors (Lipinski definition) is 2. The summed E-state index contributed by atoms with van der Waals surface area (Å²) in [5.41, 5.74) is 2.35. The van der Waals surface area contributed by atoms with Crippen LogP contribution in [0.1, 0.15) is 81.5 Å². The highest BCUT2D eigenvalue weighted by Gasteiger charge is 2.48. The quantitative estimate of drug-likeness (QED) is 0.395. The molecule has 1 saturated heterocycles. The normalized spacial score (nSPS) is 20.2. The van der Waals surface area contributed by atoms with Crippen LogP contribution in [0, 0.1) is 17.2 Å². The van der Waals surface area contributed by atoms with Gasteiger partial charge in [-0.3, -0.25) is 13.9 Å². The van der Waals surface area contributed by atoms with Gasteiger partial charge in [-0.1, -0.05) is 25.2 Å². The minimum atomic E-state index is -0.500. The van der Waals surface area contributed by atoms with Crippen LogP contribution in [0.25, 0.3) is 16.3 Å². The van der Waals surface area contributed by atoms with Crippen molar-refractivity contribution >= 4 is 34.7 Å². The number of rotatable bonds is 8. The summed E-state index contributed by atoms with van der Waals surface area (Å²) in [5, 5.41) is 30.2. The van der Waals surface area contributed by atoms with Crippen molar-refractivity contribution in [2.45, 2.75) is 87.7 Å². The molecule has 3 aliphatic rings. The fraction of sp³-hybridized carbons (Fsp3) is 0.593. The van der Waals surface area contributed by atoms with E-state index in [2.05, 4.69) is 44.6 Å². The Kier molecular flexibility index (Phi) is 6.50. The molecule has 0 aromatic carbocycles. The number of likely N-dealkylation sites (tertiary alicyclic amines) is 1. The number of nitrogens with zero attached hydrogens (tertiary/aromatic N) is 6. The van der Waals surface area contributed by atoms with E-state index in [1.807, 2.05) is 18.7 Å². The van der Waals surface area contributed by atoms with Crippen molar-refractivity contribution in [2.75, 3.05) is 13.1 Å². The zero-order valence-corrected chi connectivity index (χ0v) is 23.7. The zero-order chi connectivity index (χ0) is 26.7. The second kappa shape index (κ2) is 9.59. The van der Waals surface area contributed by atoms with Crippen LogP contribution in [0.4, 0.5) is 0 Å². The molecule has 9 nitrogen and oxygen atoms in total. The predicted molar refractivity (Wildman–Crippen MR) is 147 cm³/mol. The second-order valence-corrected chi connectivity index (χ2v) is 13.4. The van der Waals surface area contributed by atoms with Gasteiger partial charge in [0.15, 0.2) is 10.8 Å². The lowest BCUT2D eigenvalue weighted by molar-refractivity contribution is -0.135. The van der Waals surface area contributed by atoms with Crippen LogP contribution >= 0.6 is 23.3 Å². The minimum absolute atomic E-state index is 0.00108. The predicted octanol–water partition coefficient (Wildman–Crippen LogP) is 4.41. The SMILES string of the molecule is CC(C)C(=O)N1CCC(c2cc(SNC3(C)CC3)cn3c(-c4nnc(C5(C#N)CC5)s4)nc(CO)c23)CC1. The smallest absolute Gasteiger partial charge is 0.225 e. The van der Waals surface area contributed by atoms with Gasteiger partial charge in [-0.25, -0.2) is 4.98 Å². The first kappa shape index (κ1) is 25.7. The van der Waals surface area contributed by atoms with Crippen molar-refractivity contribution in [3.63, 3.8) is 0 Å². The number of imidazole rings is 1. The van der Waals surface area contributed by atoms with Gasteiger partial charge in [0.05, 0.1) is 23.9 Å². The summed E-state index contributed by atoms with van der Waals surface area (Å²) in [5.74, 6) is 1.11. The van der Waals surface area contributed by atoms with Crippen LogP contribution < -0.4 is 4.72 Å². The Balaban J connectivity index is 1.40. The summed E-state index contributed by atoms with van der Waals surface area (Å²) >= 11 is 3.06. The van der Waals surface area contributed by atoms with Crippen molar-refractivity contribution in [1.29, 1.82) is 5.26 Å². The number of pyridine rings is 1. The van der Waals surface area contributed by atoms with Gasteiger partial charge in [0, 0.05) is 35.6 Å². The van der Waals surface area contributed by atoms with Gasteiger partial charge in [0.2, 0.25) is 5.91 Å². The number of fused-ring (bicyclic) bond motifs is 1. The van der Waals surface area contributed by atoms with Gasteiger partial charge in [-0.2, -0.15) is 5.26 Å². The van der Waals surface area contributed by atoms with E-state index in [4.69, 9.17) is 4.98 Å². The number of piperidine rings is 1. The molecule has 3 fully saturated rings. The molecule has 1 aliphatic heterocycles. The minimum Gasteiger partial charge on any atom is -0.390 e. The first-order chi connectivity index (χ1) is 18.3. The monoisotopic (exact) mass is 551 g/mol. The van der Waals surface area contributed by atoms with Crippen molar-refractivity contribution in [3.8, 4) is 16.9 Å². The molecule has 3 aromatic heterocycles. The fourth-order valence-corrected chi connectivity index (χ4v) is 7.12. The van der Waals surface area contributed by atoms with E-state index in [0.29, 0.717) is 16.5 Å². The van der Waals surface area contributed by atoms with Crippen molar-refractivity contribution in [2.24, 2.45) is 5.92 Å². The van der Waals surface area contributed by atoms with Gasteiger partial charge in [-0.15, -0.1) is 10.2 Å². The van der Waals surface area contributed by atoms with Crippen molar-refractivity contribution in [3.05, 3.63) is 28.5 Å². The summed E-state index contributed by atoms with van der Waals surface area (Å²) in [7, 11) is 0. The van der Waals surface area contributed by atoms with Crippen LogP contribution in [-0.2, 0) is 16.8 Å². The maximum absolute atomic E-state index is 12.6. The number of aliphatic hydroxyl groups excluding tert-OH is 1. The van der Waals surface area contributed by atoms with Gasteiger partial charge in [-0.05, 0) is 74.9 Å². The van der Waals surface area contributed by atoms with Crippen LogP contribution in [0.2, 0.25) is 0 Å². The number of carbonyl (C=O) groups is 1. The van der Waals surface area contributed by atoms with E-state index in [1.165, 1.54) is 11.3 Å². The third-order valence-corrected chi connectivity index (χ3v) is 10.3. The molecule has 2 saturated carbocycles. The Morgan fingerprint density at radius 3 is 2.63 bits per heavy atom. The number of nitriles is 1. The standard InChI is InChI=1S/C27H33N7O2S2/c1-16(2)24(36)33-10-4-17(5-11-33)19-12-18(38-32-26(3)6-7-26)13-34-21(19)20(14-35)29-22(34)23-30-31-25(37-23)27(15-28)8-9-27/h12-13,16-17,32,35H,4-11,14H2,1-3H3. The molecule has 0 bridgehead atoms. The van der Waals surface area contributed by atoms with E-state index in [-0.39, 0.29) is 29.9 Å². The highest BCUT2D eigenvalue weighted by atomic mass is 32.2. The molecule has 11 heteroatoms. The molecule has 0 atom stereocenters. The van der Waals surface area contributed by atoms with E-state index in [1.54, 1.807) is 11.9 Å². The van der Waals surface area contributed by atoms with E-state index in [0.717, 1.165) is 72.6 Å². The molecule has 0 unspecified atom stereocenters. The molecular weight excluding hydrogens is 518 g/mol. The Hall–Kier alpha value is -2.52. The van der Waals surface area contributed by atoms with Crippen LogP contribution in [0.3, 0.4) is 0 Å². The lowest BCUT2D eigenvalue weighted by atomic mass is 9.88. The highest BCUT2D eigenvalue weighted by Crippen LogP contribution is 2.49. The van der Waals surface area contributed by atoms with Gasteiger partial charge in [0.25, 0.3) is 0 Å². The average Bonchev–Trinajstić information content (AvgIpc) is 3.79. The summed E-state index contributed by atoms with van der Waals surface area (Å²) in [4.78, 5) is 20.5. The Morgan fingerprint density at radius 1 is 1.29 bits per heavy atom. The lowest BCUT2D eigenvalue weighted by Gasteiger charge is -2.33. The van der Waals surface area contributed by atoms with Crippen LogP contribution in [-0.4, -0.2) is 54.1 Å². The molecule has 1 amide bonds. The molecule has 2 aliphatic carbocycles. The summed E-state index contributed by atoms with van der Waals surface area (Å²) in [6, 6.07) is 4.64. The van der Waals surface area contributed by atoms with Gasteiger partial charge >= 0.3 is 0 Å². The molecule has 3 aromatic rings. The second-order valence-electron chi connectivity index (χ2n) is 11.5. The molecule has 0 spiro atoms. The molecule has 200 valence electrons. The van der Waals surface area contributed by atoms with E-state index < -0.39 is 5.41 Å². The number of nitrogens with one attached hydrogen (secondary N) is 1. The molecule has 2 N–H and O–H groups in total. The molecule has 4 heterocycles. The first-order valence-corrected chi connectivity index (χ1v) is 15.0. The van der Waals surface area contributed by atoms with Crippen molar-refractivity contribution < 1.29 is 9.90 Å². The lowest BCUT2D eigenvalue weighted by Crippen LogP contribution is -2.40. The van der Waals surface area contributed by atoms with E-state index in [9.17, 15) is 15.2 Å². The topological polar surface area (TPSA) is 119 Å². The first-order valence-electron chi connectivity index (χ1n) is 13.4. The van der Waals surface area contributed by atoms with E-state index >= 15 is 0 Å². The third kappa shape index (κ3) is 4.62. The number of aromatic nitrogens is 4. The molecular formula is C27H33N7O2S2. The number of carbonyl (C=O) groups excluding carboxylic acids is 1. The molecule has 0 radical (unpaired) electrons.